The van der Waals surface area contributed by atoms with E-state index in [2.05, 4.69) is 5.32 Å². The van der Waals surface area contributed by atoms with Gasteiger partial charge in [0.15, 0.2) is 9.84 Å². The highest BCUT2D eigenvalue weighted by atomic mass is 32.2. The van der Waals surface area contributed by atoms with E-state index in [1.54, 1.807) is 0 Å². The van der Waals surface area contributed by atoms with Crippen LogP contribution in [0.1, 0.15) is 16.8 Å². The van der Waals surface area contributed by atoms with Crippen LogP contribution in [0.25, 0.3) is 0 Å². The van der Waals surface area contributed by atoms with Gasteiger partial charge in [-0.15, -0.1) is 0 Å². The number of rotatable bonds is 4. The van der Waals surface area contributed by atoms with Crippen LogP contribution in [0.4, 0.5) is 11.4 Å². The molecule has 2 N–H and O–H groups in total. The van der Waals surface area contributed by atoms with Crippen molar-refractivity contribution >= 4 is 27.2 Å². The van der Waals surface area contributed by atoms with E-state index in [0.717, 1.165) is 12.1 Å². The van der Waals surface area contributed by atoms with Crippen LogP contribution >= 0.6 is 0 Å². The highest BCUT2D eigenvalue weighted by molar-refractivity contribution is 7.91. The SMILES string of the molecule is O=C(O)c1cc(NC2CCS(=O)(=O)C2)ccc1[N+](=O)[O-]. The van der Waals surface area contributed by atoms with Crippen molar-refractivity contribution < 1.29 is 23.2 Å². The van der Waals surface area contributed by atoms with Gasteiger partial charge in [0.05, 0.1) is 16.4 Å². The Labute approximate surface area is 114 Å². The molecule has 0 aromatic heterocycles. The predicted molar refractivity (Wildman–Crippen MR) is 70.7 cm³/mol. The van der Waals surface area contributed by atoms with Crippen molar-refractivity contribution in [2.75, 3.05) is 16.8 Å². The first-order chi connectivity index (χ1) is 9.28. The fourth-order valence-electron chi connectivity index (χ4n) is 2.10. The summed E-state index contributed by atoms with van der Waals surface area (Å²) in [6.07, 6.45) is 0.432. The second-order valence-corrected chi connectivity index (χ2v) is 6.77. The number of carboxylic acids is 1. The zero-order valence-corrected chi connectivity index (χ0v) is 11.1. The van der Waals surface area contributed by atoms with Crippen molar-refractivity contribution in [3.63, 3.8) is 0 Å². The molecule has 9 heteroatoms. The van der Waals surface area contributed by atoms with Gasteiger partial charge in [-0.2, -0.15) is 0 Å². The van der Waals surface area contributed by atoms with E-state index >= 15 is 0 Å². The third-order valence-corrected chi connectivity index (χ3v) is 4.79. The minimum Gasteiger partial charge on any atom is -0.477 e. The molecule has 20 heavy (non-hydrogen) atoms. The molecule has 0 saturated carbocycles. The largest absolute Gasteiger partial charge is 0.477 e. The molecule has 0 radical (unpaired) electrons. The number of sulfone groups is 1. The Balaban J connectivity index is 2.24. The maximum absolute atomic E-state index is 11.3. The van der Waals surface area contributed by atoms with E-state index in [1.165, 1.54) is 6.07 Å². The van der Waals surface area contributed by atoms with E-state index in [4.69, 9.17) is 5.11 Å². The molecular formula is C11H12N2O6S. The maximum Gasteiger partial charge on any atom is 0.342 e. The molecule has 1 saturated heterocycles. The average molecular weight is 300 g/mol. The van der Waals surface area contributed by atoms with Gasteiger partial charge in [-0.1, -0.05) is 0 Å². The number of aromatic carboxylic acids is 1. The van der Waals surface area contributed by atoms with Crippen LogP contribution in [0.15, 0.2) is 18.2 Å². The number of carboxylic acid groups (broad SMARTS) is 1. The van der Waals surface area contributed by atoms with Gasteiger partial charge in [-0.25, -0.2) is 13.2 Å². The summed E-state index contributed by atoms with van der Waals surface area (Å²) in [6, 6.07) is 3.30. The molecule has 1 unspecified atom stereocenters. The first-order valence-corrected chi connectivity index (χ1v) is 7.59. The Bertz CT molecular complexity index is 669. The molecule has 1 atom stereocenters. The smallest absolute Gasteiger partial charge is 0.342 e. The molecule has 1 aliphatic heterocycles. The van der Waals surface area contributed by atoms with Gasteiger partial charge in [0.25, 0.3) is 5.69 Å². The molecule has 108 valence electrons. The van der Waals surface area contributed by atoms with Crippen LogP contribution in [0.2, 0.25) is 0 Å². The molecule has 0 spiro atoms. The number of carbonyl (C=O) groups is 1. The summed E-state index contributed by atoms with van der Waals surface area (Å²) in [5.41, 5.74) is -0.571. The van der Waals surface area contributed by atoms with E-state index in [-0.39, 0.29) is 17.5 Å². The third-order valence-electron chi connectivity index (χ3n) is 3.03. The van der Waals surface area contributed by atoms with Crippen molar-refractivity contribution in [2.45, 2.75) is 12.5 Å². The van der Waals surface area contributed by atoms with Gasteiger partial charge >= 0.3 is 5.97 Å². The number of hydrogen-bond acceptors (Lipinski definition) is 6. The fourth-order valence-corrected chi connectivity index (χ4v) is 3.77. The topological polar surface area (TPSA) is 127 Å². The van der Waals surface area contributed by atoms with Gasteiger partial charge in [-0.05, 0) is 18.6 Å². The maximum atomic E-state index is 11.3. The van der Waals surface area contributed by atoms with Gasteiger partial charge in [0.2, 0.25) is 0 Å². The molecule has 1 aromatic carbocycles. The number of hydrogen-bond donors (Lipinski definition) is 2. The van der Waals surface area contributed by atoms with E-state index in [9.17, 15) is 23.3 Å². The van der Waals surface area contributed by atoms with E-state index < -0.39 is 32.0 Å². The number of nitro groups is 1. The fraction of sp³-hybridized carbons (Fsp3) is 0.364. The average Bonchev–Trinajstić information content (AvgIpc) is 2.68. The highest BCUT2D eigenvalue weighted by Gasteiger charge is 2.28. The van der Waals surface area contributed by atoms with Gasteiger partial charge in [0.1, 0.15) is 5.56 Å². The van der Waals surface area contributed by atoms with E-state index in [1.807, 2.05) is 0 Å². The van der Waals surface area contributed by atoms with Crippen LogP contribution in [0.5, 0.6) is 0 Å². The minimum absolute atomic E-state index is 0.0214. The molecule has 0 amide bonds. The third kappa shape index (κ3) is 3.05. The number of nitrogens with zero attached hydrogens (tertiary/aromatic N) is 1. The number of nitrogens with one attached hydrogen (secondary N) is 1. The number of anilines is 1. The van der Waals surface area contributed by atoms with Gasteiger partial charge in [-0.3, -0.25) is 10.1 Å². The molecule has 8 nitrogen and oxygen atoms in total. The summed E-state index contributed by atoms with van der Waals surface area (Å²) in [4.78, 5) is 20.9. The molecule has 1 heterocycles. The molecular weight excluding hydrogens is 288 g/mol. The van der Waals surface area contributed by atoms with Crippen molar-refractivity contribution in [2.24, 2.45) is 0 Å². The van der Waals surface area contributed by atoms with Crippen LogP contribution in [-0.2, 0) is 9.84 Å². The summed E-state index contributed by atoms with van der Waals surface area (Å²) in [7, 11) is -3.05. The van der Waals surface area contributed by atoms with Crippen molar-refractivity contribution in [3.05, 3.63) is 33.9 Å². The van der Waals surface area contributed by atoms with Crippen LogP contribution in [0, 0.1) is 10.1 Å². The molecule has 1 aliphatic rings. The zero-order valence-electron chi connectivity index (χ0n) is 10.3. The molecule has 2 rings (SSSR count). The lowest BCUT2D eigenvalue weighted by molar-refractivity contribution is -0.385. The lowest BCUT2D eigenvalue weighted by atomic mass is 10.1. The minimum atomic E-state index is -3.05. The van der Waals surface area contributed by atoms with Gasteiger partial charge in [0, 0.05) is 17.8 Å². The first-order valence-electron chi connectivity index (χ1n) is 5.77. The zero-order chi connectivity index (χ0) is 14.9. The van der Waals surface area contributed by atoms with Crippen molar-refractivity contribution in [1.29, 1.82) is 0 Å². The normalized spacial score (nSPS) is 20.5. The summed E-state index contributed by atoms with van der Waals surface area (Å²) in [5, 5.41) is 22.6. The second kappa shape index (κ2) is 5.08. The summed E-state index contributed by atoms with van der Waals surface area (Å²) in [6.45, 7) is 0. The van der Waals surface area contributed by atoms with Crippen LogP contribution < -0.4 is 5.32 Å². The molecule has 0 aliphatic carbocycles. The van der Waals surface area contributed by atoms with Crippen LogP contribution in [0.3, 0.4) is 0 Å². The summed E-state index contributed by atoms with van der Waals surface area (Å²) in [5.74, 6) is -1.34. The molecule has 1 aromatic rings. The standard InChI is InChI=1S/C11H12N2O6S/c14-11(15)9-5-7(1-2-10(9)13(16)17)12-8-3-4-20(18,19)6-8/h1-2,5,8,12H,3-4,6H2,(H,14,15). The molecule has 1 fully saturated rings. The quantitative estimate of drug-likeness (QED) is 0.624. The summed E-state index contributed by atoms with van der Waals surface area (Å²) >= 11 is 0. The van der Waals surface area contributed by atoms with Crippen molar-refractivity contribution in [1.82, 2.24) is 0 Å². The predicted octanol–water partition coefficient (Wildman–Crippen LogP) is 0.892. The summed E-state index contributed by atoms with van der Waals surface area (Å²) < 4.78 is 22.7. The van der Waals surface area contributed by atoms with Crippen molar-refractivity contribution in [3.8, 4) is 0 Å². The monoisotopic (exact) mass is 300 g/mol. The number of benzene rings is 1. The highest BCUT2D eigenvalue weighted by Crippen LogP contribution is 2.24. The Morgan fingerprint density at radius 1 is 1.45 bits per heavy atom. The Morgan fingerprint density at radius 2 is 2.15 bits per heavy atom. The van der Waals surface area contributed by atoms with Crippen LogP contribution in [-0.4, -0.2) is 42.0 Å². The van der Waals surface area contributed by atoms with Gasteiger partial charge < -0.3 is 10.4 Å². The Kier molecular flexibility index (Phi) is 3.62. The number of nitro benzene ring substituents is 1. The second-order valence-electron chi connectivity index (χ2n) is 4.54. The Hall–Kier alpha value is -2.16. The molecule has 0 bridgehead atoms. The van der Waals surface area contributed by atoms with E-state index in [0.29, 0.717) is 12.1 Å². The lowest BCUT2D eigenvalue weighted by Gasteiger charge is -2.12. The Morgan fingerprint density at radius 3 is 2.65 bits per heavy atom. The lowest BCUT2D eigenvalue weighted by Crippen LogP contribution is -2.20. The first kappa shape index (κ1) is 14.3.